The molecule has 3 rings (SSSR count). The third-order valence-electron chi connectivity index (χ3n) is 5.58. The van der Waals surface area contributed by atoms with Gasteiger partial charge in [-0.15, -0.1) is 0 Å². The summed E-state index contributed by atoms with van der Waals surface area (Å²) in [6, 6.07) is 12.6. The largest absolute Gasteiger partial charge is 0.495 e. The molecule has 27 heavy (non-hydrogen) atoms. The van der Waals surface area contributed by atoms with Gasteiger partial charge >= 0.3 is 0 Å². The molecular weight excluding hydrogens is 358 g/mol. The van der Waals surface area contributed by atoms with Crippen LogP contribution in [0.15, 0.2) is 36.4 Å². The molecule has 4 heteroatoms. The van der Waals surface area contributed by atoms with Crippen LogP contribution in [0.4, 0.5) is 0 Å². The first-order valence-corrected chi connectivity index (χ1v) is 10.3. The number of methoxy groups -OCH3 is 1. The fraction of sp³-hybridized carbons (Fsp3) is 0.478. The van der Waals surface area contributed by atoms with Crippen LogP contribution in [0.1, 0.15) is 48.8 Å². The second-order valence-electron chi connectivity index (χ2n) is 7.44. The second-order valence-corrected chi connectivity index (χ2v) is 7.82. The van der Waals surface area contributed by atoms with Crippen molar-refractivity contribution in [3.8, 4) is 11.5 Å². The number of hydrogen-bond acceptors (Lipinski definition) is 3. The van der Waals surface area contributed by atoms with Gasteiger partial charge in [-0.3, -0.25) is 0 Å². The molecular formula is C23H30ClNO2. The predicted molar refractivity (Wildman–Crippen MR) is 112 cm³/mol. The van der Waals surface area contributed by atoms with Crippen LogP contribution < -0.4 is 15.2 Å². The average Bonchev–Trinajstić information content (AvgIpc) is 2.70. The summed E-state index contributed by atoms with van der Waals surface area (Å²) in [7, 11) is 1.62. The van der Waals surface area contributed by atoms with E-state index in [1.807, 2.05) is 18.2 Å². The monoisotopic (exact) mass is 387 g/mol. The van der Waals surface area contributed by atoms with Crippen LogP contribution in [-0.2, 0) is 12.8 Å². The zero-order chi connectivity index (χ0) is 19.2. The maximum absolute atomic E-state index is 6.33. The number of benzene rings is 2. The summed E-state index contributed by atoms with van der Waals surface area (Å²) in [5, 5.41) is 0.546. The number of aryl methyl sites for hydroxylation is 1. The van der Waals surface area contributed by atoms with Gasteiger partial charge in [0, 0.05) is 0 Å². The Labute approximate surface area is 167 Å². The summed E-state index contributed by atoms with van der Waals surface area (Å²) < 4.78 is 11.3. The standard InChI is InChI=1S/C23H30ClNO2/c1-3-5-20(14-25)19-11-10-17-12-16(8-9-18(17)13-19)15-27-22-7-4-6-21(26-2)23(22)24/h4,6-7,10-11,13,16,20H,3,5,8-9,12,14-15,25H2,1-2H3. The van der Waals surface area contributed by atoms with Crippen LogP contribution in [0.2, 0.25) is 5.02 Å². The van der Waals surface area contributed by atoms with Crippen LogP contribution in [0.3, 0.4) is 0 Å². The van der Waals surface area contributed by atoms with Gasteiger partial charge in [0.1, 0.15) is 16.5 Å². The normalized spacial score (nSPS) is 17.3. The molecule has 146 valence electrons. The average molecular weight is 388 g/mol. The summed E-state index contributed by atoms with van der Waals surface area (Å²) in [5.41, 5.74) is 10.3. The van der Waals surface area contributed by atoms with Gasteiger partial charge in [0.25, 0.3) is 0 Å². The number of halogens is 1. The first-order valence-electron chi connectivity index (χ1n) is 9.93. The summed E-state index contributed by atoms with van der Waals surface area (Å²) in [6.45, 7) is 3.62. The van der Waals surface area contributed by atoms with Crippen molar-refractivity contribution in [2.24, 2.45) is 11.7 Å². The lowest BCUT2D eigenvalue weighted by Gasteiger charge is -2.26. The molecule has 2 aromatic rings. The van der Waals surface area contributed by atoms with Crippen LogP contribution >= 0.6 is 11.6 Å². The van der Waals surface area contributed by atoms with Crippen LogP contribution in [0, 0.1) is 5.92 Å². The first-order chi connectivity index (χ1) is 13.2. The van der Waals surface area contributed by atoms with Crippen molar-refractivity contribution >= 4 is 11.6 Å². The summed E-state index contributed by atoms with van der Waals surface area (Å²) >= 11 is 6.33. The molecule has 1 aliphatic carbocycles. The Bertz CT molecular complexity index is 762. The van der Waals surface area contributed by atoms with Crippen molar-refractivity contribution in [3.63, 3.8) is 0 Å². The third kappa shape index (κ3) is 4.77. The molecule has 0 heterocycles. The Hall–Kier alpha value is -1.71. The zero-order valence-electron chi connectivity index (χ0n) is 16.3. The molecule has 0 aromatic heterocycles. The maximum Gasteiger partial charge on any atom is 0.141 e. The highest BCUT2D eigenvalue weighted by molar-refractivity contribution is 6.33. The molecule has 3 nitrogen and oxygen atoms in total. The molecule has 0 spiro atoms. The topological polar surface area (TPSA) is 44.5 Å². The van der Waals surface area contributed by atoms with Crippen molar-refractivity contribution in [3.05, 3.63) is 58.1 Å². The van der Waals surface area contributed by atoms with Gasteiger partial charge in [-0.1, -0.05) is 49.2 Å². The molecule has 2 unspecified atom stereocenters. The molecule has 0 fully saturated rings. The lowest BCUT2D eigenvalue weighted by atomic mass is 9.82. The molecule has 0 aliphatic heterocycles. The van der Waals surface area contributed by atoms with E-state index in [4.69, 9.17) is 26.8 Å². The van der Waals surface area contributed by atoms with Gasteiger partial charge < -0.3 is 15.2 Å². The van der Waals surface area contributed by atoms with Crippen molar-refractivity contribution in [1.82, 2.24) is 0 Å². The molecule has 0 bridgehead atoms. The van der Waals surface area contributed by atoms with E-state index in [1.165, 1.54) is 23.1 Å². The summed E-state index contributed by atoms with van der Waals surface area (Å²) in [5.74, 6) is 2.34. The number of ether oxygens (including phenoxy) is 2. The Balaban J connectivity index is 1.63. The Morgan fingerprint density at radius 2 is 2.00 bits per heavy atom. The quantitative estimate of drug-likeness (QED) is 0.661. The van der Waals surface area contributed by atoms with Gasteiger partial charge in [-0.05, 0) is 72.9 Å². The highest BCUT2D eigenvalue weighted by Gasteiger charge is 2.21. The van der Waals surface area contributed by atoms with E-state index in [2.05, 4.69) is 25.1 Å². The van der Waals surface area contributed by atoms with Crippen molar-refractivity contribution in [2.75, 3.05) is 20.3 Å². The first kappa shape index (κ1) is 20.0. The van der Waals surface area contributed by atoms with E-state index in [-0.39, 0.29) is 0 Å². The van der Waals surface area contributed by atoms with Gasteiger partial charge in [0.2, 0.25) is 0 Å². The second kappa shape index (κ2) is 9.48. The van der Waals surface area contributed by atoms with E-state index in [9.17, 15) is 0 Å². The lowest BCUT2D eigenvalue weighted by molar-refractivity contribution is 0.233. The van der Waals surface area contributed by atoms with E-state index >= 15 is 0 Å². The fourth-order valence-electron chi connectivity index (χ4n) is 3.98. The number of hydrogen-bond donors (Lipinski definition) is 1. The highest BCUT2D eigenvalue weighted by atomic mass is 35.5. The number of nitrogens with two attached hydrogens (primary N) is 1. The molecule has 0 saturated carbocycles. The van der Waals surface area contributed by atoms with Crippen molar-refractivity contribution in [2.45, 2.75) is 44.9 Å². The summed E-state index contributed by atoms with van der Waals surface area (Å²) in [6.07, 6.45) is 5.63. The maximum atomic E-state index is 6.33. The van der Waals surface area contributed by atoms with E-state index in [0.29, 0.717) is 35.0 Å². The van der Waals surface area contributed by atoms with E-state index in [1.54, 1.807) is 7.11 Å². The summed E-state index contributed by atoms with van der Waals surface area (Å²) in [4.78, 5) is 0. The van der Waals surface area contributed by atoms with E-state index in [0.717, 1.165) is 32.2 Å². The molecule has 0 radical (unpaired) electrons. The van der Waals surface area contributed by atoms with Gasteiger partial charge in [-0.25, -0.2) is 0 Å². The van der Waals surface area contributed by atoms with Gasteiger partial charge in [0.15, 0.2) is 0 Å². The van der Waals surface area contributed by atoms with Gasteiger partial charge in [0.05, 0.1) is 13.7 Å². The molecule has 2 N–H and O–H groups in total. The van der Waals surface area contributed by atoms with Crippen molar-refractivity contribution in [1.29, 1.82) is 0 Å². The number of rotatable bonds is 8. The smallest absolute Gasteiger partial charge is 0.141 e. The molecule has 1 aliphatic rings. The Kier molecular flexibility index (Phi) is 7.03. The minimum atomic E-state index is 0.483. The Morgan fingerprint density at radius 3 is 2.74 bits per heavy atom. The molecule has 0 saturated heterocycles. The van der Waals surface area contributed by atoms with Gasteiger partial charge in [-0.2, -0.15) is 0 Å². The Morgan fingerprint density at radius 1 is 1.19 bits per heavy atom. The van der Waals surface area contributed by atoms with E-state index < -0.39 is 0 Å². The van der Waals surface area contributed by atoms with Crippen LogP contribution in [-0.4, -0.2) is 20.3 Å². The molecule has 0 amide bonds. The third-order valence-corrected chi connectivity index (χ3v) is 5.95. The molecule has 2 atom stereocenters. The minimum absolute atomic E-state index is 0.483. The SMILES string of the molecule is CCCC(CN)c1ccc2c(c1)CCC(COc1cccc(OC)c1Cl)C2. The molecule has 2 aromatic carbocycles. The van der Waals surface area contributed by atoms with Crippen LogP contribution in [0.25, 0.3) is 0 Å². The highest BCUT2D eigenvalue weighted by Crippen LogP contribution is 2.35. The zero-order valence-corrected chi connectivity index (χ0v) is 17.1. The van der Waals surface area contributed by atoms with Crippen LogP contribution in [0.5, 0.6) is 11.5 Å². The predicted octanol–water partition coefficient (Wildman–Crippen LogP) is 5.37. The fourth-order valence-corrected chi connectivity index (χ4v) is 4.24. The lowest BCUT2D eigenvalue weighted by Crippen LogP contribution is -2.21. The number of fused-ring (bicyclic) bond motifs is 1. The minimum Gasteiger partial charge on any atom is -0.495 e. The van der Waals surface area contributed by atoms with Crippen molar-refractivity contribution < 1.29 is 9.47 Å².